The van der Waals surface area contributed by atoms with Crippen molar-refractivity contribution in [3.05, 3.63) is 29.6 Å². The lowest BCUT2D eigenvalue weighted by Crippen LogP contribution is -2.09. The van der Waals surface area contributed by atoms with Gasteiger partial charge in [0, 0.05) is 6.54 Å². The third-order valence-electron chi connectivity index (χ3n) is 3.56. The fourth-order valence-corrected chi connectivity index (χ4v) is 2.39. The van der Waals surface area contributed by atoms with Crippen molar-refractivity contribution in [2.75, 3.05) is 0 Å². The van der Waals surface area contributed by atoms with Crippen LogP contribution in [0.1, 0.15) is 50.9 Å². The second-order valence-electron chi connectivity index (χ2n) is 5.51. The van der Waals surface area contributed by atoms with Gasteiger partial charge in [-0.25, -0.2) is 4.98 Å². The Kier molecular flexibility index (Phi) is 4.42. The first-order chi connectivity index (χ1) is 9.52. The van der Waals surface area contributed by atoms with E-state index in [0.29, 0.717) is 11.7 Å². The standard InChI is InChI=1S/C16H22N2O2/c1-4-5-8-18-14-7-6-12(11(2)3)9-13(14)17-15(18)10-16(19)20/h6-7,9,11H,4-5,8,10H2,1-3H3,(H,19,20). The number of aliphatic carboxylic acids is 1. The van der Waals surface area contributed by atoms with Crippen LogP contribution in [0.25, 0.3) is 11.0 Å². The quantitative estimate of drug-likeness (QED) is 0.875. The molecule has 0 unspecified atom stereocenters. The molecule has 2 rings (SSSR count). The summed E-state index contributed by atoms with van der Waals surface area (Å²) in [5, 5.41) is 9.03. The summed E-state index contributed by atoms with van der Waals surface area (Å²) in [7, 11) is 0. The number of fused-ring (bicyclic) bond motifs is 1. The molecule has 1 N–H and O–H groups in total. The highest BCUT2D eigenvalue weighted by molar-refractivity contribution is 5.79. The predicted octanol–water partition coefficient (Wildman–Crippen LogP) is 3.59. The van der Waals surface area contributed by atoms with E-state index in [0.717, 1.165) is 30.4 Å². The Balaban J connectivity index is 2.49. The van der Waals surface area contributed by atoms with Crippen LogP contribution in [0.2, 0.25) is 0 Å². The van der Waals surface area contributed by atoms with Gasteiger partial charge in [0.2, 0.25) is 0 Å². The van der Waals surface area contributed by atoms with Gasteiger partial charge in [-0.05, 0) is 30.0 Å². The van der Waals surface area contributed by atoms with Gasteiger partial charge in [-0.15, -0.1) is 0 Å². The van der Waals surface area contributed by atoms with Crippen molar-refractivity contribution in [2.24, 2.45) is 0 Å². The van der Waals surface area contributed by atoms with Crippen LogP contribution in [0, 0.1) is 0 Å². The number of unbranched alkanes of at least 4 members (excludes halogenated alkanes) is 1. The van der Waals surface area contributed by atoms with Crippen LogP contribution >= 0.6 is 0 Å². The topological polar surface area (TPSA) is 55.1 Å². The minimum atomic E-state index is -0.831. The molecule has 2 aromatic rings. The minimum Gasteiger partial charge on any atom is -0.481 e. The zero-order chi connectivity index (χ0) is 14.7. The Morgan fingerprint density at radius 1 is 1.40 bits per heavy atom. The highest BCUT2D eigenvalue weighted by Gasteiger charge is 2.14. The van der Waals surface area contributed by atoms with E-state index in [1.165, 1.54) is 5.56 Å². The lowest BCUT2D eigenvalue weighted by atomic mass is 10.0. The number of aromatic nitrogens is 2. The van der Waals surface area contributed by atoms with Crippen molar-refractivity contribution in [1.82, 2.24) is 9.55 Å². The maximum absolute atomic E-state index is 11.0. The summed E-state index contributed by atoms with van der Waals surface area (Å²) in [6, 6.07) is 6.26. The molecule has 1 heterocycles. The summed E-state index contributed by atoms with van der Waals surface area (Å²) in [6.45, 7) is 7.25. The average molecular weight is 274 g/mol. The van der Waals surface area contributed by atoms with Crippen LogP contribution in [0.15, 0.2) is 18.2 Å². The molecule has 20 heavy (non-hydrogen) atoms. The van der Waals surface area contributed by atoms with E-state index in [-0.39, 0.29) is 6.42 Å². The number of hydrogen-bond donors (Lipinski definition) is 1. The van der Waals surface area contributed by atoms with Gasteiger partial charge < -0.3 is 9.67 Å². The Hall–Kier alpha value is -1.84. The fraction of sp³-hybridized carbons (Fsp3) is 0.500. The molecule has 1 aromatic carbocycles. The van der Waals surface area contributed by atoms with Gasteiger partial charge >= 0.3 is 5.97 Å². The molecule has 0 aliphatic rings. The number of imidazole rings is 1. The van der Waals surface area contributed by atoms with E-state index in [1.54, 1.807) is 0 Å². The van der Waals surface area contributed by atoms with Gasteiger partial charge in [-0.2, -0.15) is 0 Å². The lowest BCUT2D eigenvalue weighted by Gasteiger charge is -2.08. The minimum absolute atomic E-state index is 0.0184. The summed E-state index contributed by atoms with van der Waals surface area (Å²) in [4.78, 5) is 15.5. The fourth-order valence-electron chi connectivity index (χ4n) is 2.39. The Labute approximate surface area is 119 Å². The molecule has 0 bridgehead atoms. The van der Waals surface area contributed by atoms with Gasteiger partial charge in [0.1, 0.15) is 12.2 Å². The van der Waals surface area contributed by atoms with Crippen molar-refractivity contribution in [2.45, 2.75) is 52.5 Å². The molecule has 0 saturated carbocycles. The molecule has 0 atom stereocenters. The zero-order valence-corrected chi connectivity index (χ0v) is 12.4. The number of hydrogen-bond acceptors (Lipinski definition) is 2. The summed E-state index contributed by atoms with van der Waals surface area (Å²) >= 11 is 0. The van der Waals surface area contributed by atoms with E-state index in [4.69, 9.17) is 5.11 Å². The Morgan fingerprint density at radius 2 is 2.15 bits per heavy atom. The summed E-state index contributed by atoms with van der Waals surface area (Å²) in [5.41, 5.74) is 3.18. The Bertz CT molecular complexity index is 614. The van der Waals surface area contributed by atoms with E-state index >= 15 is 0 Å². The van der Waals surface area contributed by atoms with Crippen LogP contribution in [0.3, 0.4) is 0 Å². The molecule has 0 amide bonds. The molecule has 0 spiro atoms. The maximum Gasteiger partial charge on any atom is 0.311 e. The van der Waals surface area contributed by atoms with Crippen molar-refractivity contribution in [3.8, 4) is 0 Å². The van der Waals surface area contributed by atoms with Crippen molar-refractivity contribution >= 4 is 17.0 Å². The molecule has 0 saturated heterocycles. The molecule has 0 aliphatic carbocycles. The highest BCUT2D eigenvalue weighted by Crippen LogP contribution is 2.23. The molecule has 0 radical (unpaired) electrons. The molecular formula is C16H22N2O2. The number of carbonyl (C=O) groups is 1. The van der Waals surface area contributed by atoms with E-state index in [1.807, 2.05) is 0 Å². The van der Waals surface area contributed by atoms with Crippen LogP contribution in [0.4, 0.5) is 0 Å². The normalized spacial score (nSPS) is 11.4. The number of nitrogens with zero attached hydrogens (tertiary/aromatic N) is 2. The second-order valence-corrected chi connectivity index (χ2v) is 5.51. The van der Waals surface area contributed by atoms with Crippen molar-refractivity contribution < 1.29 is 9.90 Å². The lowest BCUT2D eigenvalue weighted by molar-refractivity contribution is -0.136. The SMILES string of the molecule is CCCCn1c(CC(=O)O)nc2cc(C(C)C)ccc21. The third kappa shape index (κ3) is 3.00. The largest absolute Gasteiger partial charge is 0.481 e. The van der Waals surface area contributed by atoms with Gasteiger partial charge in [-0.1, -0.05) is 33.3 Å². The van der Waals surface area contributed by atoms with Gasteiger partial charge in [0.05, 0.1) is 11.0 Å². The molecule has 4 heteroatoms. The molecule has 4 nitrogen and oxygen atoms in total. The molecular weight excluding hydrogens is 252 g/mol. The maximum atomic E-state index is 11.0. The van der Waals surface area contributed by atoms with Crippen LogP contribution in [-0.4, -0.2) is 20.6 Å². The second kappa shape index (κ2) is 6.07. The van der Waals surface area contributed by atoms with Crippen molar-refractivity contribution in [3.63, 3.8) is 0 Å². The van der Waals surface area contributed by atoms with Gasteiger partial charge in [-0.3, -0.25) is 4.79 Å². The van der Waals surface area contributed by atoms with Gasteiger partial charge in [0.15, 0.2) is 0 Å². The number of aryl methyl sites for hydroxylation is 1. The van der Waals surface area contributed by atoms with E-state index in [9.17, 15) is 4.79 Å². The summed E-state index contributed by atoms with van der Waals surface area (Å²) in [5.74, 6) is 0.270. The van der Waals surface area contributed by atoms with E-state index in [2.05, 4.69) is 48.5 Å². The summed E-state index contributed by atoms with van der Waals surface area (Å²) < 4.78 is 2.05. The average Bonchev–Trinajstić information content (AvgIpc) is 2.71. The van der Waals surface area contributed by atoms with Crippen LogP contribution < -0.4 is 0 Å². The predicted molar refractivity (Wildman–Crippen MR) is 80.1 cm³/mol. The number of carboxylic acid groups (broad SMARTS) is 1. The number of carboxylic acids is 1. The molecule has 108 valence electrons. The first-order valence-corrected chi connectivity index (χ1v) is 7.23. The first-order valence-electron chi connectivity index (χ1n) is 7.23. The molecule has 0 fully saturated rings. The monoisotopic (exact) mass is 274 g/mol. The van der Waals surface area contributed by atoms with Crippen molar-refractivity contribution in [1.29, 1.82) is 0 Å². The van der Waals surface area contributed by atoms with Crippen LogP contribution in [-0.2, 0) is 17.8 Å². The molecule has 0 aliphatic heterocycles. The zero-order valence-electron chi connectivity index (χ0n) is 12.4. The smallest absolute Gasteiger partial charge is 0.311 e. The third-order valence-corrected chi connectivity index (χ3v) is 3.56. The van der Waals surface area contributed by atoms with E-state index < -0.39 is 5.97 Å². The number of rotatable bonds is 6. The highest BCUT2D eigenvalue weighted by atomic mass is 16.4. The number of benzene rings is 1. The van der Waals surface area contributed by atoms with Gasteiger partial charge in [0.25, 0.3) is 0 Å². The first kappa shape index (κ1) is 14.6. The Morgan fingerprint density at radius 3 is 2.75 bits per heavy atom. The molecule has 1 aromatic heterocycles. The van der Waals surface area contributed by atoms with Crippen LogP contribution in [0.5, 0.6) is 0 Å². The summed E-state index contributed by atoms with van der Waals surface area (Å²) in [6.07, 6.45) is 2.09.